The summed E-state index contributed by atoms with van der Waals surface area (Å²) >= 11 is 11.9. The lowest BCUT2D eigenvalue weighted by atomic mass is 10.1. The van der Waals surface area contributed by atoms with Gasteiger partial charge in [0.1, 0.15) is 5.75 Å². The van der Waals surface area contributed by atoms with Gasteiger partial charge in [-0.1, -0.05) is 17.7 Å². The smallest absolute Gasteiger partial charge is 0.173 e. The third-order valence-electron chi connectivity index (χ3n) is 4.45. The predicted molar refractivity (Wildman–Crippen MR) is 109 cm³/mol. The van der Waals surface area contributed by atoms with Crippen LogP contribution in [0.1, 0.15) is 11.1 Å². The molecule has 1 aliphatic heterocycles. The molecule has 1 fully saturated rings. The Hall–Kier alpha value is -1.98. The maximum absolute atomic E-state index is 9.41. The molecule has 0 aromatic heterocycles. The molecule has 2 aromatic carbocycles. The van der Waals surface area contributed by atoms with Crippen LogP contribution in [0.2, 0.25) is 5.02 Å². The number of aromatic hydroxyl groups is 1. The van der Waals surface area contributed by atoms with Crippen LogP contribution in [0, 0.1) is 13.8 Å². The molecular weight excluding hydrogens is 354 g/mol. The van der Waals surface area contributed by atoms with Gasteiger partial charge >= 0.3 is 0 Å². The number of hydrogen-bond donors (Lipinski definition) is 2. The molecule has 132 valence electrons. The molecule has 0 bridgehead atoms. The summed E-state index contributed by atoms with van der Waals surface area (Å²) in [6.07, 6.45) is 0. The Bertz CT molecular complexity index is 748. The Labute approximate surface area is 159 Å². The molecule has 2 aromatic rings. The highest BCUT2D eigenvalue weighted by Gasteiger charge is 2.20. The lowest BCUT2D eigenvalue weighted by Crippen LogP contribution is -2.50. The summed E-state index contributed by atoms with van der Waals surface area (Å²) < 4.78 is 0. The molecule has 0 unspecified atom stereocenters. The van der Waals surface area contributed by atoms with E-state index in [-0.39, 0.29) is 5.75 Å². The number of halogens is 1. The second-order valence-electron chi connectivity index (χ2n) is 6.36. The molecule has 6 heteroatoms. The standard InChI is InChI=1S/C19H22ClN3OS/c1-13-11-14(2)18(17(20)12-13)21-19(25)23-9-7-22(8-10-23)15-3-5-16(24)6-4-15/h3-6,11-12,24H,7-10H2,1-2H3,(H,21,25). The summed E-state index contributed by atoms with van der Waals surface area (Å²) in [5, 5.41) is 14.1. The van der Waals surface area contributed by atoms with Gasteiger partial charge in [-0.25, -0.2) is 0 Å². The number of hydrogen-bond acceptors (Lipinski definition) is 3. The molecule has 2 N–H and O–H groups in total. The number of phenolic OH excluding ortho intramolecular Hbond substituents is 1. The molecule has 4 nitrogen and oxygen atoms in total. The summed E-state index contributed by atoms with van der Waals surface area (Å²) in [6, 6.07) is 11.4. The number of piperazine rings is 1. The predicted octanol–water partition coefficient (Wildman–Crippen LogP) is 4.18. The molecule has 0 aliphatic carbocycles. The number of rotatable bonds is 2. The van der Waals surface area contributed by atoms with Crippen molar-refractivity contribution in [2.24, 2.45) is 0 Å². The van der Waals surface area contributed by atoms with Gasteiger partial charge in [0.25, 0.3) is 0 Å². The van der Waals surface area contributed by atoms with Gasteiger partial charge in [0.15, 0.2) is 5.11 Å². The number of aryl methyl sites for hydroxylation is 2. The van der Waals surface area contributed by atoms with Crippen LogP contribution in [0.5, 0.6) is 5.75 Å². The number of phenols is 1. The van der Waals surface area contributed by atoms with Gasteiger partial charge in [0.05, 0.1) is 10.7 Å². The van der Waals surface area contributed by atoms with Crippen molar-refractivity contribution >= 4 is 40.3 Å². The van der Waals surface area contributed by atoms with Crippen LogP contribution < -0.4 is 10.2 Å². The summed E-state index contributed by atoms with van der Waals surface area (Å²) in [4.78, 5) is 4.46. The Balaban J connectivity index is 1.61. The number of nitrogens with zero attached hydrogens (tertiary/aromatic N) is 2. The Morgan fingerprint density at radius 2 is 1.72 bits per heavy atom. The van der Waals surface area contributed by atoms with Crippen molar-refractivity contribution in [2.45, 2.75) is 13.8 Å². The fourth-order valence-corrected chi connectivity index (χ4v) is 3.74. The van der Waals surface area contributed by atoms with Crippen LogP contribution in [0.4, 0.5) is 11.4 Å². The van der Waals surface area contributed by atoms with E-state index in [9.17, 15) is 5.11 Å². The molecule has 0 spiro atoms. The van der Waals surface area contributed by atoms with Crippen molar-refractivity contribution < 1.29 is 5.11 Å². The Morgan fingerprint density at radius 3 is 2.32 bits per heavy atom. The summed E-state index contributed by atoms with van der Waals surface area (Å²) in [5.74, 6) is 0.290. The maximum atomic E-state index is 9.41. The third kappa shape index (κ3) is 4.17. The van der Waals surface area contributed by atoms with Crippen molar-refractivity contribution in [3.8, 4) is 5.75 Å². The van der Waals surface area contributed by atoms with E-state index in [2.05, 4.69) is 21.2 Å². The molecule has 1 heterocycles. The van der Waals surface area contributed by atoms with E-state index in [1.165, 1.54) is 0 Å². The first kappa shape index (κ1) is 17.8. The zero-order valence-electron chi connectivity index (χ0n) is 14.4. The van der Waals surface area contributed by atoms with Crippen molar-refractivity contribution in [3.05, 3.63) is 52.5 Å². The zero-order valence-corrected chi connectivity index (χ0v) is 16.0. The van der Waals surface area contributed by atoms with Gasteiger partial charge < -0.3 is 20.2 Å². The molecule has 0 saturated carbocycles. The summed E-state index contributed by atoms with van der Waals surface area (Å²) in [5.41, 5.74) is 4.24. The van der Waals surface area contributed by atoms with Crippen LogP contribution in [0.25, 0.3) is 0 Å². The van der Waals surface area contributed by atoms with Gasteiger partial charge in [-0.3, -0.25) is 0 Å². The normalized spacial score (nSPS) is 14.5. The number of thiocarbonyl (C=S) groups is 1. The molecule has 25 heavy (non-hydrogen) atoms. The molecule has 1 aliphatic rings. The van der Waals surface area contributed by atoms with E-state index in [1.54, 1.807) is 12.1 Å². The van der Waals surface area contributed by atoms with Crippen LogP contribution in [-0.4, -0.2) is 41.3 Å². The third-order valence-corrected chi connectivity index (χ3v) is 5.10. The van der Waals surface area contributed by atoms with E-state index in [1.807, 2.05) is 32.0 Å². The fraction of sp³-hybridized carbons (Fsp3) is 0.316. The quantitative estimate of drug-likeness (QED) is 0.770. The van der Waals surface area contributed by atoms with Gasteiger partial charge in [-0.2, -0.15) is 0 Å². The summed E-state index contributed by atoms with van der Waals surface area (Å²) in [6.45, 7) is 7.51. The highest BCUT2D eigenvalue weighted by molar-refractivity contribution is 7.80. The van der Waals surface area contributed by atoms with E-state index in [0.29, 0.717) is 10.1 Å². The molecule has 1 saturated heterocycles. The van der Waals surface area contributed by atoms with Crippen molar-refractivity contribution in [2.75, 3.05) is 36.4 Å². The number of benzene rings is 2. The second-order valence-corrected chi connectivity index (χ2v) is 7.15. The first-order chi connectivity index (χ1) is 11.9. The van der Waals surface area contributed by atoms with E-state index in [4.69, 9.17) is 23.8 Å². The molecule has 0 amide bonds. The van der Waals surface area contributed by atoms with Gasteiger partial charge in [0, 0.05) is 31.9 Å². The van der Waals surface area contributed by atoms with E-state index in [0.717, 1.165) is 48.7 Å². The van der Waals surface area contributed by atoms with Crippen molar-refractivity contribution in [3.63, 3.8) is 0 Å². The minimum Gasteiger partial charge on any atom is -0.508 e. The van der Waals surface area contributed by atoms with Gasteiger partial charge in [-0.05, 0) is 67.5 Å². The maximum Gasteiger partial charge on any atom is 0.173 e. The average Bonchev–Trinajstić information content (AvgIpc) is 2.59. The number of nitrogens with one attached hydrogen (secondary N) is 1. The SMILES string of the molecule is Cc1cc(C)c(NC(=S)N2CCN(c3ccc(O)cc3)CC2)c(Cl)c1. The zero-order chi connectivity index (χ0) is 18.0. The fourth-order valence-electron chi connectivity index (χ4n) is 3.09. The van der Waals surface area contributed by atoms with Crippen LogP contribution in [0.15, 0.2) is 36.4 Å². The average molecular weight is 376 g/mol. The van der Waals surface area contributed by atoms with Crippen LogP contribution >= 0.6 is 23.8 Å². The molecule has 0 atom stereocenters. The van der Waals surface area contributed by atoms with E-state index >= 15 is 0 Å². The highest BCUT2D eigenvalue weighted by atomic mass is 35.5. The molecule has 0 radical (unpaired) electrons. The number of anilines is 2. The lowest BCUT2D eigenvalue weighted by Gasteiger charge is -2.37. The molecule has 3 rings (SSSR count). The minimum absolute atomic E-state index is 0.290. The lowest BCUT2D eigenvalue weighted by molar-refractivity contribution is 0.391. The first-order valence-corrected chi connectivity index (χ1v) is 9.09. The molecular formula is C19H22ClN3OS. The minimum atomic E-state index is 0.290. The second kappa shape index (κ2) is 7.50. The van der Waals surface area contributed by atoms with E-state index < -0.39 is 0 Å². The largest absolute Gasteiger partial charge is 0.508 e. The Morgan fingerprint density at radius 1 is 1.08 bits per heavy atom. The summed E-state index contributed by atoms with van der Waals surface area (Å²) in [7, 11) is 0. The first-order valence-electron chi connectivity index (χ1n) is 8.30. The van der Waals surface area contributed by atoms with Crippen LogP contribution in [-0.2, 0) is 0 Å². The highest BCUT2D eigenvalue weighted by Crippen LogP contribution is 2.28. The van der Waals surface area contributed by atoms with Crippen LogP contribution in [0.3, 0.4) is 0 Å². The Kier molecular flexibility index (Phi) is 5.35. The van der Waals surface area contributed by atoms with Crippen molar-refractivity contribution in [1.82, 2.24) is 4.90 Å². The van der Waals surface area contributed by atoms with Crippen molar-refractivity contribution in [1.29, 1.82) is 0 Å². The van der Waals surface area contributed by atoms with Gasteiger partial charge in [-0.15, -0.1) is 0 Å². The van der Waals surface area contributed by atoms with Gasteiger partial charge in [0.2, 0.25) is 0 Å². The topological polar surface area (TPSA) is 38.7 Å². The monoisotopic (exact) mass is 375 g/mol.